The number of rotatable bonds is 2. The molecule has 0 unspecified atom stereocenters. The Bertz CT molecular complexity index is 508. The summed E-state index contributed by atoms with van der Waals surface area (Å²) >= 11 is 0. The van der Waals surface area contributed by atoms with Crippen LogP contribution in [0.1, 0.15) is 25.6 Å². The normalized spacial score (nSPS) is 11.0. The second-order valence-electron chi connectivity index (χ2n) is 3.77. The molecule has 0 aliphatic carbocycles. The first-order valence-corrected chi connectivity index (χ1v) is 4.90. The minimum absolute atomic E-state index is 0.139. The quantitative estimate of drug-likeness (QED) is 0.848. The van der Waals surface area contributed by atoms with Crippen molar-refractivity contribution in [3.8, 4) is 17.2 Å². The summed E-state index contributed by atoms with van der Waals surface area (Å²) in [5, 5.41) is 13.3. The predicted octanol–water partition coefficient (Wildman–Crippen LogP) is 2.70. The number of aromatic nitrogens is 2. The van der Waals surface area contributed by atoms with Gasteiger partial charge in [0.2, 0.25) is 0 Å². The average Bonchev–Trinajstić information content (AvgIpc) is 2.66. The first-order valence-electron chi connectivity index (χ1n) is 4.90. The van der Waals surface area contributed by atoms with E-state index in [-0.39, 0.29) is 17.6 Å². The molecular weight excluding hydrogens is 211 g/mol. The second-order valence-corrected chi connectivity index (χ2v) is 3.77. The topological polar surface area (TPSA) is 59.2 Å². The van der Waals surface area contributed by atoms with Crippen molar-refractivity contribution in [3.63, 3.8) is 0 Å². The molecule has 1 heterocycles. The van der Waals surface area contributed by atoms with Gasteiger partial charge < -0.3 is 9.63 Å². The molecule has 2 aromatic rings. The molecule has 0 bridgehead atoms. The molecule has 0 aliphatic rings. The van der Waals surface area contributed by atoms with Crippen molar-refractivity contribution >= 4 is 0 Å². The third-order valence-electron chi connectivity index (χ3n) is 2.15. The summed E-state index contributed by atoms with van der Waals surface area (Å²) in [5.74, 6) is 0.170. The molecule has 1 aromatic heterocycles. The molecule has 0 radical (unpaired) electrons. The van der Waals surface area contributed by atoms with Crippen LogP contribution in [-0.4, -0.2) is 15.2 Å². The van der Waals surface area contributed by atoms with Gasteiger partial charge in [-0.15, -0.1) is 0 Å². The van der Waals surface area contributed by atoms with Crippen LogP contribution < -0.4 is 0 Å². The molecule has 5 heteroatoms. The molecule has 16 heavy (non-hydrogen) atoms. The number of phenols is 1. The Labute approximate surface area is 91.7 Å². The molecule has 84 valence electrons. The van der Waals surface area contributed by atoms with Gasteiger partial charge in [0.05, 0.1) is 5.56 Å². The largest absolute Gasteiger partial charge is 0.507 e. The highest BCUT2D eigenvalue weighted by molar-refractivity contribution is 5.61. The maximum absolute atomic E-state index is 12.8. The van der Waals surface area contributed by atoms with Gasteiger partial charge in [-0.3, -0.25) is 0 Å². The number of nitrogens with zero attached hydrogens (tertiary/aromatic N) is 2. The number of hydrogen-bond donors (Lipinski definition) is 1. The van der Waals surface area contributed by atoms with Crippen LogP contribution in [0, 0.1) is 5.82 Å². The lowest BCUT2D eigenvalue weighted by Gasteiger charge is -1.98. The third kappa shape index (κ3) is 1.88. The van der Waals surface area contributed by atoms with E-state index in [1.807, 2.05) is 13.8 Å². The van der Waals surface area contributed by atoms with Gasteiger partial charge in [0, 0.05) is 12.0 Å². The SMILES string of the molecule is CC(C)c1noc(-c2ccc(F)cc2O)n1. The van der Waals surface area contributed by atoms with Gasteiger partial charge in [-0.2, -0.15) is 4.98 Å². The second kappa shape index (κ2) is 3.92. The van der Waals surface area contributed by atoms with Crippen LogP contribution in [0.5, 0.6) is 5.75 Å². The summed E-state index contributed by atoms with van der Waals surface area (Å²) in [6.07, 6.45) is 0. The highest BCUT2D eigenvalue weighted by Crippen LogP contribution is 2.28. The van der Waals surface area contributed by atoms with E-state index < -0.39 is 5.82 Å². The Kier molecular flexibility index (Phi) is 2.60. The van der Waals surface area contributed by atoms with Crippen LogP contribution in [0.4, 0.5) is 4.39 Å². The van der Waals surface area contributed by atoms with Crippen molar-refractivity contribution in [2.24, 2.45) is 0 Å². The zero-order valence-electron chi connectivity index (χ0n) is 8.94. The number of benzene rings is 1. The maximum Gasteiger partial charge on any atom is 0.261 e. The van der Waals surface area contributed by atoms with Crippen LogP contribution >= 0.6 is 0 Å². The Morgan fingerprint density at radius 3 is 2.69 bits per heavy atom. The zero-order chi connectivity index (χ0) is 11.7. The number of phenolic OH excluding ortho intramolecular Hbond substituents is 1. The third-order valence-corrected chi connectivity index (χ3v) is 2.15. The number of aromatic hydroxyl groups is 1. The summed E-state index contributed by atoms with van der Waals surface area (Å²) in [7, 11) is 0. The first-order chi connectivity index (χ1) is 7.58. The Balaban J connectivity index is 2.42. The van der Waals surface area contributed by atoms with E-state index in [0.29, 0.717) is 11.4 Å². The van der Waals surface area contributed by atoms with E-state index in [4.69, 9.17) is 4.52 Å². The predicted molar refractivity (Wildman–Crippen MR) is 55.4 cm³/mol. The molecule has 4 nitrogen and oxygen atoms in total. The van der Waals surface area contributed by atoms with Crippen molar-refractivity contribution in [1.29, 1.82) is 0 Å². The van der Waals surface area contributed by atoms with Crippen LogP contribution in [0.3, 0.4) is 0 Å². The summed E-state index contributed by atoms with van der Waals surface area (Å²) in [6.45, 7) is 3.86. The van der Waals surface area contributed by atoms with Gasteiger partial charge in [-0.25, -0.2) is 4.39 Å². The molecule has 0 spiro atoms. The monoisotopic (exact) mass is 222 g/mol. The summed E-state index contributed by atoms with van der Waals surface area (Å²) in [6, 6.07) is 3.64. The first kappa shape index (κ1) is 10.6. The lowest BCUT2D eigenvalue weighted by Crippen LogP contribution is -1.89. The molecule has 2 rings (SSSR count). The fourth-order valence-corrected chi connectivity index (χ4v) is 1.26. The van der Waals surface area contributed by atoms with Gasteiger partial charge in [0.1, 0.15) is 11.6 Å². The zero-order valence-corrected chi connectivity index (χ0v) is 8.94. The standard InChI is InChI=1S/C11H11FN2O2/c1-6(2)10-13-11(16-14-10)8-4-3-7(12)5-9(8)15/h3-6,15H,1-2H3. The van der Waals surface area contributed by atoms with E-state index in [0.717, 1.165) is 6.07 Å². The molecule has 0 aliphatic heterocycles. The Hall–Kier alpha value is -1.91. The van der Waals surface area contributed by atoms with Gasteiger partial charge in [0.15, 0.2) is 5.82 Å². The van der Waals surface area contributed by atoms with E-state index in [1.165, 1.54) is 12.1 Å². The molecule has 0 saturated carbocycles. The highest BCUT2D eigenvalue weighted by atomic mass is 19.1. The molecule has 0 atom stereocenters. The van der Waals surface area contributed by atoms with Crippen LogP contribution in [0.2, 0.25) is 0 Å². The van der Waals surface area contributed by atoms with Crippen LogP contribution in [0.25, 0.3) is 11.5 Å². The lowest BCUT2D eigenvalue weighted by atomic mass is 10.2. The smallest absolute Gasteiger partial charge is 0.261 e. The van der Waals surface area contributed by atoms with E-state index in [1.54, 1.807) is 0 Å². The van der Waals surface area contributed by atoms with Crippen molar-refractivity contribution in [2.75, 3.05) is 0 Å². The number of hydrogen-bond acceptors (Lipinski definition) is 4. The molecule has 1 aromatic carbocycles. The van der Waals surface area contributed by atoms with Crippen molar-refractivity contribution in [1.82, 2.24) is 10.1 Å². The van der Waals surface area contributed by atoms with E-state index in [9.17, 15) is 9.50 Å². The average molecular weight is 222 g/mol. The minimum atomic E-state index is -0.509. The van der Waals surface area contributed by atoms with Crippen molar-refractivity contribution in [3.05, 3.63) is 29.8 Å². The summed E-state index contributed by atoms with van der Waals surface area (Å²) in [4.78, 5) is 4.11. The Morgan fingerprint density at radius 1 is 1.38 bits per heavy atom. The highest BCUT2D eigenvalue weighted by Gasteiger charge is 2.14. The Morgan fingerprint density at radius 2 is 2.12 bits per heavy atom. The number of halogens is 1. The van der Waals surface area contributed by atoms with Crippen LogP contribution in [-0.2, 0) is 0 Å². The summed E-state index contributed by atoms with van der Waals surface area (Å²) in [5.41, 5.74) is 0.334. The van der Waals surface area contributed by atoms with Crippen molar-refractivity contribution in [2.45, 2.75) is 19.8 Å². The minimum Gasteiger partial charge on any atom is -0.507 e. The van der Waals surface area contributed by atoms with E-state index >= 15 is 0 Å². The van der Waals surface area contributed by atoms with Gasteiger partial charge in [-0.1, -0.05) is 19.0 Å². The van der Waals surface area contributed by atoms with Gasteiger partial charge in [0.25, 0.3) is 5.89 Å². The van der Waals surface area contributed by atoms with Crippen LogP contribution in [0.15, 0.2) is 22.7 Å². The molecule has 0 fully saturated rings. The van der Waals surface area contributed by atoms with Gasteiger partial charge >= 0.3 is 0 Å². The van der Waals surface area contributed by atoms with Gasteiger partial charge in [-0.05, 0) is 12.1 Å². The molecule has 0 amide bonds. The van der Waals surface area contributed by atoms with Crippen molar-refractivity contribution < 1.29 is 14.0 Å². The molecule has 1 N–H and O–H groups in total. The fourth-order valence-electron chi connectivity index (χ4n) is 1.26. The van der Waals surface area contributed by atoms with E-state index in [2.05, 4.69) is 10.1 Å². The summed E-state index contributed by atoms with van der Waals surface area (Å²) < 4.78 is 17.8. The molecule has 0 saturated heterocycles. The fraction of sp³-hybridized carbons (Fsp3) is 0.273. The molecular formula is C11H11FN2O2. The lowest BCUT2D eigenvalue weighted by molar-refractivity contribution is 0.414. The maximum atomic E-state index is 12.8.